The Bertz CT molecular complexity index is 948. The number of ether oxygens (including phenoxy) is 4. The summed E-state index contributed by atoms with van der Waals surface area (Å²) in [6.45, 7) is 6.06. The predicted molar refractivity (Wildman–Crippen MR) is 143 cm³/mol. The van der Waals surface area contributed by atoms with Crippen LogP contribution in [0.25, 0.3) is 0 Å². The average Bonchev–Trinajstić information content (AvgIpc) is 2.84. The van der Waals surface area contributed by atoms with E-state index in [9.17, 15) is 5.26 Å². The molecular weight excluding hydrogens is 468 g/mol. The lowest BCUT2D eigenvalue weighted by Gasteiger charge is -2.32. The van der Waals surface area contributed by atoms with Gasteiger partial charge in [0.2, 0.25) is 0 Å². The quantitative estimate of drug-likeness (QED) is 0.389. The first-order valence-electron chi connectivity index (χ1n) is 11.4. The van der Waals surface area contributed by atoms with Gasteiger partial charge in [-0.1, -0.05) is 26.0 Å². The normalized spacial score (nSPS) is 12.1. The molecule has 0 saturated heterocycles. The van der Waals surface area contributed by atoms with E-state index in [-0.39, 0.29) is 23.8 Å². The summed E-state index contributed by atoms with van der Waals surface area (Å²) in [7, 11) is 8.67. The molecule has 2 N–H and O–H groups in total. The lowest BCUT2D eigenvalue weighted by atomic mass is 9.69. The first-order valence-corrected chi connectivity index (χ1v) is 11.4. The Morgan fingerprint density at radius 1 is 0.857 bits per heavy atom. The van der Waals surface area contributed by atoms with Crippen LogP contribution in [-0.2, 0) is 11.8 Å². The molecule has 8 heteroatoms. The molecule has 0 saturated carbocycles. The Morgan fingerprint density at radius 2 is 1.40 bits per heavy atom. The van der Waals surface area contributed by atoms with Crippen LogP contribution in [-0.4, -0.2) is 59.0 Å². The fourth-order valence-corrected chi connectivity index (χ4v) is 4.23. The molecule has 2 rings (SSSR count). The third-order valence-electron chi connectivity index (χ3n) is 6.42. The van der Waals surface area contributed by atoms with Gasteiger partial charge in [0, 0.05) is 6.54 Å². The molecule has 196 valence electrons. The summed E-state index contributed by atoms with van der Waals surface area (Å²) >= 11 is 0. The van der Waals surface area contributed by atoms with Crippen LogP contribution in [0.4, 0.5) is 0 Å². The summed E-state index contributed by atoms with van der Waals surface area (Å²) in [6.07, 6.45) is 2.61. The molecule has 2 aromatic rings. The Kier molecular flexibility index (Phi) is 14.2. The van der Waals surface area contributed by atoms with Crippen molar-refractivity contribution in [3.8, 4) is 29.1 Å². The first-order chi connectivity index (χ1) is 15.8. The van der Waals surface area contributed by atoms with Crippen LogP contribution >= 0.6 is 12.4 Å². The predicted octanol–water partition coefficient (Wildman–Crippen LogP) is 4.69. The van der Waals surface area contributed by atoms with Crippen molar-refractivity contribution < 1.29 is 24.4 Å². The van der Waals surface area contributed by atoms with E-state index >= 15 is 0 Å². The van der Waals surface area contributed by atoms with Crippen molar-refractivity contribution >= 4 is 12.4 Å². The largest absolute Gasteiger partial charge is 0.493 e. The smallest absolute Gasteiger partial charge is 0.161 e. The number of rotatable bonds is 13. The van der Waals surface area contributed by atoms with Gasteiger partial charge in [-0.05, 0) is 74.2 Å². The van der Waals surface area contributed by atoms with Gasteiger partial charge in [-0.15, -0.1) is 12.4 Å². The van der Waals surface area contributed by atoms with Crippen LogP contribution in [0.2, 0.25) is 0 Å². The van der Waals surface area contributed by atoms with Crippen LogP contribution in [0.5, 0.6) is 23.0 Å². The molecule has 0 fully saturated rings. The van der Waals surface area contributed by atoms with Crippen molar-refractivity contribution in [2.75, 3.05) is 48.6 Å². The monoisotopic (exact) mass is 508 g/mol. The van der Waals surface area contributed by atoms with Crippen molar-refractivity contribution in [1.29, 1.82) is 5.26 Å². The zero-order valence-electron chi connectivity index (χ0n) is 22.0. The van der Waals surface area contributed by atoms with Crippen molar-refractivity contribution in [2.45, 2.75) is 38.5 Å². The van der Waals surface area contributed by atoms with Crippen molar-refractivity contribution in [2.24, 2.45) is 5.92 Å². The van der Waals surface area contributed by atoms with Crippen LogP contribution < -0.4 is 18.9 Å². The third-order valence-corrected chi connectivity index (χ3v) is 6.42. The molecule has 0 heterocycles. The van der Waals surface area contributed by atoms with Gasteiger partial charge >= 0.3 is 0 Å². The summed E-state index contributed by atoms with van der Waals surface area (Å²) in [4.78, 5) is 2.31. The Balaban J connectivity index is 0.00000578. The SMILES string of the molecule is COc1ccc(CCN(C)CCC[C@](C#N)(c2ccc(OC)c(OC)c2)C(C)C)cc1OC.Cl.O. The molecule has 0 aliphatic rings. The highest BCUT2D eigenvalue weighted by Crippen LogP contribution is 2.40. The fourth-order valence-electron chi connectivity index (χ4n) is 4.23. The number of methoxy groups -OCH3 is 4. The van der Waals surface area contributed by atoms with E-state index in [4.69, 9.17) is 18.9 Å². The standard InChI is InChI=1S/C27H38N2O4.ClH.H2O/c1-20(2)27(19-28,22-10-12-24(31-5)26(18-22)33-7)14-8-15-29(3)16-13-21-9-11-23(30-4)25(17-21)32-6;;/h9-12,17-18,20H,8,13-16H2,1-7H3;1H;1H2/t27-;;/m1../s1. The Hall–Kier alpha value is -2.66. The summed E-state index contributed by atoms with van der Waals surface area (Å²) in [5.74, 6) is 2.99. The summed E-state index contributed by atoms with van der Waals surface area (Å²) < 4.78 is 21.6. The maximum absolute atomic E-state index is 10.2. The summed E-state index contributed by atoms with van der Waals surface area (Å²) in [5.41, 5.74) is 1.60. The van der Waals surface area contributed by atoms with Gasteiger partial charge in [-0.2, -0.15) is 5.26 Å². The fraction of sp³-hybridized carbons (Fsp3) is 0.519. The van der Waals surface area contributed by atoms with E-state index in [2.05, 4.69) is 37.9 Å². The molecular formula is C27H41ClN2O5. The molecule has 1 atom stereocenters. The second-order valence-electron chi connectivity index (χ2n) is 8.65. The molecule has 0 aliphatic carbocycles. The van der Waals surface area contributed by atoms with Crippen LogP contribution in [0, 0.1) is 17.2 Å². The summed E-state index contributed by atoms with van der Waals surface area (Å²) in [5, 5.41) is 10.2. The number of hydrogen-bond acceptors (Lipinski definition) is 6. The highest BCUT2D eigenvalue weighted by Gasteiger charge is 2.36. The van der Waals surface area contributed by atoms with E-state index < -0.39 is 5.41 Å². The van der Waals surface area contributed by atoms with Crippen LogP contribution in [0.15, 0.2) is 36.4 Å². The lowest BCUT2D eigenvalue weighted by Crippen LogP contribution is -2.32. The molecule has 0 aromatic heterocycles. The molecule has 0 radical (unpaired) electrons. The molecule has 0 bridgehead atoms. The Morgan fingerprint density at radius 3 is 1.91 bits per heavy atom. The van der Waals surface area contributed by atoms with Gasteiger partial charge in [-0.25, -0.2) is 0 Å². The second-order valence-corrected chi connectivity index (χ2v) is 8.65. The highest BCUT2D eigenvalue weighted by atomic mass is 35.5. The van der Waals surface area contributed by atoms with Gasteiger partial charge in [0.1, 0.15) is 0 Å². The topological polar surface area (TPSA) is 95.5 Å². The Labute approximate surface area is 216 Å². The number of halogens is 1. The number of likely N-dealkylation sites (N-methyl/N-ethyl adjacent to an activating group) is 1. The molecule has 0 amide bonds. The number of hydrogen-bond donors (Lipinski definition) is 0. The molecule has 2 aromatic carbocycles. The summed E-state index contributed by atoms with van der Waals surface area (Å²) in [6, 6.07) is 14.5. The highest BCUT2D eigenvalue weighted by molar-refractivity contribution is 5.85. The molecule has 35 heavy (non-hydrogen) atoms. The zero-order chi connectivity index (χ0) is 24.4. The third kappa shape index (κ3) is 7.93. The van der Waals surface area contributed by atoms with Crippen LogP contribution in [0.3, 0.4) is 0 Å². The lowest BCUT2D eigenvalue weighted by molar-refractivity contribution is 0.292. The van der Waals surface area contributed by atoms with E-state index in [1.165, 1.54) is 5.56 Å². The number of benzene rings is 2. The molecule has 7 nitrogen and oxygen atoms in total. The van der Waals surface area contributed by atoms with E-state index in [1.54, 1.807) is 28.4 Å². The van der Waals surface area contributed by atoms with Crippen molar-refractivity contribution in [3.05, 3.63) is 47.5 Å². The van der Waals surface area contributed by atoms with E-state index in [1.807, 2.05) is 30.3 Å². The molecule has 0 unspecified atom stereocenters. The number of nitriles is 1. The minimum Gasteiger partial charge on any atom is -0.493 e. The minimum absolute atomic E-state index is 0. The van der Waals surface area contributed by atoms with Gasteiger partial charge < -0.3 is 29.3 Å². The van der Waals surface area contributed by atoms with Crippen molar-refractivity contribution in [1.82, 2.24) is 4.90 Å². The van der Waals surface area contributed by atoms with E-state index in [0.717, 1.165) is 49.4 Å². The minimum atomic E-state index is -0.580. The maximum Gasteiger partial charge on any atom is 0.161 e. The van der Waals surface area contributed by atoms with Gasteiger partial charge in [0.25, 0.3) is 0 Å². The van der Waals surface area contributed by atoms with E-state index in [0.29, 0.717) is 11.5 Å². The van der Waals surface area contributed by atoms with Crippen LogP contribution in [0.1, 0.15) is 37.8 Å². The van der Waals surface area contributed by atoms with Crippen molar-refractivity contribution in [3.63, 3.8) is 0 Å². The van der Waals surface area contributed by atoms with Gasteiger partial charge in [0.15, 0.2) is 23.0 Å². The van der Waals surface area contributed by atoms with Gasteiger partial charge in [0.05, 0.1) is 39.9 Å². The first kappa shape index (κ1) is 32.3. The number of nitrogens with zero attached hydrogens (tertiary/aromatic N) is 2. The maximum atomic E-state index is 10.2. The second kappa shape index (κ2) is 15.4. The molecule has 0 aliphatic heterocycles. The van der Waals surface area contributed by atoms with Gasteiger partial charge in [-0.3, -0.25) is 0 Å². The zero-order valence-corrected chi connectivity index (χ0v) is 22.8. The average molecular weight is 509 g/mol. The molecule has 0 spiro atoms.